The Morgan fingerprint density at radius 3 is 2.88 bits per heavy atom. The maximum atomic E-state index is 10.1. The molecule has 2 aromatic rings. The molecule has 3 N–H and O–H groups in total. The highest BCUT2D eigenvalue weighted by molar-refractivity contribution is 6.32. The molecule has 0 saturated carbocycles. The van der Waals surface area contributed by atoms with Crippen LogP contribution in [-0.2, 0) is 19.3 Å². The average molecular weight is 328 g/mol. The zero-order valence-corrected chi connectivity index (χ0v) is 14.2. The molecule has 3 nitrogen and oxygen atoms in total. The minimum Gasteiger partial charge on any atom is -0.506 e. The van der Waals surface area contributed by atoms with E-state index in [9.17, 15) is 5.11 Å². The number of benzene rings is 2. The minimum atomic E-state index is 0.265. The van der Waals surface area contributed by atoms with E-state index in [1.807, 2.05) is 24.3 Å². The molecule has 1 aliphatic heterocycles. The molecular weight excluding hydrogens is 307 g/mol. The fraction of sp³-hybridized carbons (Fsp3) is 0.238. The van der Waals surface area contributed by atoms with Crippen LogP contribution in [0.3, 0.4) is 0 Å². The van der Waals surface area contributed by atoms with Crippen LogP contribution in [0.25, 0.3) is 6.08 Å². The van der Waals surface area contributed by atoms with Crippen molar-refractivity contribution in [3.8, 4) is 5.75 Å². The largest absolute Gasteiger partial charge is 0.506 e. The number of nitrogens with one attached hydrogen (secondary N) is 2. The molecule has 0 bridgehead atoms. The molecular formula is C21H21BN2O. The summed E-state index contributed by atoms with van der Waals surface area (Å²) < 4.78 is 0. The van der Waals surface area contributed by atoms with E-state index in [2.05, 4.69) is 29.3 Å². The van der Waals surface area contributed by atoms with E-state index in [0.717, 1.165) is 48.2 Å². The lowest BCUT2D eigenvalue weighted by molar-refractivity contribution is 0.477. The van der Waals surface area contributed by atoms with Crippen LogP contribution in [0.15, 0.2) is 48.7 Å². The molecule has 0 fully saturated rings. The maximum Gasteiger partial charge on any atom is 0.139 e. The number of anilines is 1. The number of hydrogen-bond acceptors (Lipinski definition) is 3. The number of phenolic OH excluding ortho intramolecular Hbond substituents is 1. The van der Waals surface area contributed by atoms with Crippen LogP contribution < -0.4 is 16.1 Å². The highest BCUT2D eigenvalue weighted by Crippen LogP contribution is 2.35. The zero-order chi connectivity index (χ0) is 17.4. The Hall–Kier alpha value is -2.46. The van der Waals surface area contributed by atoms with E-state index in [-0.39, 0.29) is 5.75 Å². The van der Waals surface area contributed by atoms with Crippen LogP contribution in [0, 0.1) is 0 Å². The smallest absolute Gasteiger partial charge is 0.139 e. The molecule has 0 amide bonds. The van der Waals surface area contributed by atoms with E-state index >= 15 is 0 Å². The van der Waals surface area contributed by atoms with Crippen molar-refractivity contribution in [3.05, 3.63) is 70.9 Å². The number of fused-ring (bicyclic) bond motifs is 2. The Bertz CT molecular complexity index is 872. The van der Waals surface area contributed by atoms with Gasteiger partial charge in [0.25, 0.3) is 0 Å². The Morgan fingerprint density at radius 1 is 1.16 bits per heavy atom. The molecule has 1 aliphatic carbocycles. The second-order valence-corrected chi connectivity index (χ2v) is 6.85. The lowest BCUT2D eigenvalue weighted by Gasteiger charge is -2.20. The van der Waals surface area contributed by atoms with E-state index in [4.69, 9.17) is 7.85 Å². The van der Waals surface area contributed by atoms with E-state index in [0.29, 0.717) is 6.04 Å². The Kier molecular flexibility index (Phi) is 4.14. The van der Waals surface area contributed by atoms with Gasteiger partial charge in [-0.3, -0.25) is 0 Å². The van der Waals surface area contributed by atoms with Gasteiger partial charge < -0.3 is 15.7 Å². The van der Waals surface area contributed by atoms with Gasteiger partial charge in [0, 0.05) is 17.3 Å². The fourth-order valence-corrected chi connectivity index (χ4v) is 3.77. The van der Waals surface area contributed by atoms with Gasteiger partial charge in [0.2, 0.25) is 0 Å². The van der Waals surface area contributed by atoms with Gasteiger partial charge in [0.1, 0.15) is 13.6 Å². The summed E-state index contributed by atoms with van der Waals surface area (Å²) in [5.74, 6) is 0.265. The Morgan fingerprint density at radius 2 is 2.00 bits per heavy atom. The summed E-state index contributed by atoms with van der Waals surface area (Å²) in [4.78, 5) is 0. The van der Waals surface area contributed by atoms with Gasteiger partial charge in [0.15, 0.2) is 0 Å². The molecule has 1 atom stereocenters. The van der Waals surface area contributed by atoms with Crippen molar-refractivity contribution in [2.24, 2.45) is 0 Å². The van der Waals surface area contributed by atoms with Gasteiger partial charge in [-0.1, -0.05) is 42.4 Å². The van der Waals surface area contributed by atoms with Gasteiger partial charge in [-0.25, -0.2) is 0 Å². The van der Waals surface area contributed by atoms with Crippen LogP contribution in [0.1, 0.15) is 22.3 Å². The van der Waals surface area contributed by atoms with Crippen molar-refractivity contribution in [1.82, 2.24) is 5.32 Å². The molecule has 0 aromatic heterocycles. The summed E-state index contributed by atoms with van der Waals surface area (Å²) in [5.41, 5.74) is 7.43. The number of hydrogen-bond donors (Lipinski definition) is 3. The number of aromatic hydroxyl groups is 1. The summed E-state index contributed by atoms with van der Waals surface area (Å²) in [6.07, 6.45) is 6.98. The number of allylic oxidation sites excluding steroid dienone is 1. The normalized spacial score (nSPS) is 17.9. The molecule has 25 heavy (non-hydrogen) atoms. The van der Waals surface area contributed by atoms with Crippen molar-refractivity contribution in [2.75, 3.05) is 11.9 Å². The molecule has 0 spiro atoms. The quantitative estimate of drug-likeness (QED) is 0.597. The van der Waals surface area contributed by atoms with Crippen molar-refractivity contribution >= 4 is 25.1 Å². The first-order chi connectivity index (χ1) is 12.1. The third-order valence-corrected chi connectivity index (χ3v) is 5.04. The third kappa shape index (κ3) is 3.22. The van der Waals surface area contributed by atoms with Gasteiger partial charge >= 0.3 is 0 Å². The Balaban J connectivity index is 1.40. The van der Waals surface area contributed by atoms with E-state index in [1.54, 1.807) is 6.07 Å². The SMILES string of the molecule is [B]c1ccc2c(c1)CC(NCCc1ccc(O)c3c1C=CC(=C)N3)C2. The molecule has 4 rings (SSSR count). The molecule has 1 heterocycles. The lowest BCUT2D eigenvalue weighted by Crippen LogP contribution is -2.31. The van der Waals surface area contributed by atoms with Crippen molar-refractivity contribution in [1.29, 1.82) is 0 Å². The van der Waals surface area contributed by atoms with Gasteiger partial charge in [-0.05, 0) is 54.6 Å². The highest BCUT2D eigenvalue weighted by Gasteiger charge is 2.21. The first-order valence-corrected chi connectivity index (χ1v) is 8.69. The van der Waals surface area contributed by atoms with Gasteiger partial charge in [-0.15, -0.1) is 0 Å². The second-order valence-electron chi connectivity index (χ2n) is 6.85. The van der Waals surface area contributed by atoms with Crippen LogP contribution in [0.4, 0.5) is 5.69 Å². The van der Waals surface area contributed by atoms with E-state index in [1.165, 1.54) is 16.7 Å². The highest BCUT2D eigenvalue weighted by atomic mass is 16.3. The predicted octanol–water partition coefficient (Wildman–Crippen LogP) is 2.44. The van der Waals surface area contributed by atoms with Gasteiger partial charge in [-0.2, -0.15) is 0 Å². The molecule has 2 aliphatic rings. The van der Waals surface area contributed by atoms with Gasteiger partial charge in [0.05, 0.1) is 5.69 Å². The summed E-state index contributed by atoms with van der Waals surface area (Å²) in [6.45, 7) is 4.80. The maximum absolute atomic E-state index is 10.1. The minimum absolute atomic E-state index is 0.265. The molecule has 4 heteroatoms. The molecule has 1 unspecified atom stereocenters. The molecule has 2 radical (unpaired) electrons. The van der Waals surface area contributed by atoms with Crippen LogP contribution >= 0.6 is 0 Å². The van der Waals surface area contributed by atoms with Crippen molar-refractivity contribution in [3.63, 3.8) is 0 Å². The second kappa shape index (κ2) is 6.45. The molecule has 124 valence electrons. The average Bonchev–Trinajstić information content (AvgIpc) is 2.99. The summed E-state index contributed by atoms with van der Waals surface area (Å²) in [5, 5.41) is 16.9. The first kappa shape index (κ1) is 16.0. The van der Waals surface area contributed by atoms with E-state index < -0.39 is 0 Å². The number of phenols is 1. The third-order valence-electron chi connectivity index (χ3n) is 5.04. The lowest BCUT2D eigenvalue weighted by atomic mass is 9.93. The first-order valence-electron chi connectivity index (χ1n) is 8.69. The topological polar surface area (TPSA) is 44.3 Å². The monoisotopic (exact) mass is 328 g/mol. The predicted molar refractivity (Wildman–Crippen MR) is 105 cm³/mol. The summed E-state index contributed by atoms with van der Waals surface area (Å²) in [6, 6.07) is 10.4. The zero-order valence-electron chi connectivity index (χ0n) is 14.2. The molecule has 2 aromatic carbocycles. The fourth-order valence-electron chi connectivity index (χ4n) is 3.77. The van der Waals surface area contributed by atoms with Crippen LogP contribution in [-0.4, -0.2) is 25.5 Å². The standard InChI is InChI=1S/C21H21BN2O/c1-13-2-6-19-14(4-7-20(25)21(19)24-13)8-9-23-18-11-15-3-5-17(22)10-16(15)12-18/h2-7,10,18,23-25H,1,8-9,11-12H2. The van der Waals surface area contributed by atoms with Crippen LogP contribution in [0.5, 0.6) is 5.75 Å². The van der Waals surface area contributed by atoms with Crippen LogP contribution in [0.2, 0.25) is 0 Å². The number of rotatable bonds is 4. The molecule has 0 saturated heterocycles. The van der Waals surface area contributed by atoms with Crippen molar-refractivity contribution < 1.29 is 5.11 Å². The summed E-state index contributed by atoms with van der Waals surface area (Å²) >= 11 is 0. The van der Waals surface area contributed by atoms with Crippen molar-refractivity contribution in [2.45, 2.75) is 25.3 Å². The Labute approximate surface area is 149 Å². The summed E-state index contributed by atoms with van der Waals surface area (Å²) in [7, 11) is 5.88.